The number of hydrogen-bond acceptors (Lipinski definition) is 3. The zero-order valence-corrected chi connectivity index (χ0v) is 11.1. The predicted molar refractivity (Wildman–Crippen MR) is 71.7 cm³/mol. The number of hydrogen-bond donors (Lipinski definition) is 2. The number of primary amides is 1. The highest BCUT2D eigenvalue weighted by Crippen LogP contribution is 2.32. The van der Waals surface area contributed by atoms with Crippen molar-refractivity contribution >= 4 is 5.91 Å². The lowest BCUT2D eigenvalue weighted by Gasteiger charge is -2.34. The van der Waals surface area contributed by atoms with Gasteiger partial charge in [0.15, 0.2) is 0 Å². The molecule has 3 unspecified atom stereocenters. The quantitative estimate of drug-likeness (QED) is 0.858. The molecule has 1 fully saturated rings. The second-order valence-corrected chi connectivity index (χ2v) is 5.12. The number of benzene rings is 1. The summed E-state index contributed by atoms with van der Waals surface area (Å²) in [5.74, 6) is -0.653. The lowest BCUT2D eigenvalue weighted by atomic mass is 9.97. The van der Waals surface area contributed by atoms with Gasteiger partial charge in [-0.05, 0) is 32.4 Å². The van der Waals surface area contributed by atoms with Gasteiger partial charge in [0.05, 0.1) is 12.1 Å². The molecule has 1 heterocycles. The lowest BCUT2D eigenvalue weighted by Crippen LogP contribution is -2.47. The minimum absolute atomic E-state index is 0.281. The van der Waals surface area contributed by atoms with Crippen LogP contribution in [0, 0.1) is 5.82 Å². The second-order valence-electron chi connectivity index (χ2n) is 5.12. The van der Waals surface area contributed by atoms with Crippen molar-refractivity contribution in [1.82, 2.24) is 4.90 Å². The Kier molecular flexibility index (Phi) is 4.17. The Bertz CT molecular complexity index is 464. The molecule has 0 spiro atoms. The summed E-state index contributed by atoms with van der Waals surface area (Å²) in [5, 5.41) is 0. The predicted octanol–water partition coefficient (Wildman–Crippen LogP) is 1.16. The van der Waals surface area contributed by atoms with Gasteiger partial charge < -0.3 is 11.5 Å². The van der Waals surface area contributed by atoms with Gasteiger partial charge in [-0.25, -0.2) is 4.39 Å². The van der Waals surface area contributed by atoms with Crippen molar-refractivity contribution in [2.45, 2.75) is 37.9 Å². The first-order chi connectivity index (χ1) is 9.02. The molecule has 0 radical (unpaired) electrons. The van der Waals surface area contributed by atoms with Gasteiger partial charge in [0, 0.05) is 11.6 Å². The van der Waals surface area contributed by atoms with Crippen LogP contribution in [0.15, 0.2) is 24.3 Å². The van der Waals surface area contributed by atoms with Crippen LogP contribution in [-0.2, 0) is 4.79 Å². The van der Waals surface area contributed by atoms with Crippen molar-refractivity contribution in [3.8, 4) is 0 Å². The lowest BCUT2D eigenvalue weighted by molar-refractivity contribution is -0.123. The molecule has 4 N–H and O–H groups in total. The molecule has 1 saturated heterocycles. The normalized spacial score (nSPS) is 23.2. The summed E-state index contributed by atoms with van der Waals surface area (Å²) in [6.45, 7) is 2.54. The van der Waals surface area contributed by atoms with Crippen molar-refractivity contribution in [3.05, 3.63) is 35.6 Å². The molecule has 104 valence electrons. The maximum Gasteiger partial charge on any atom is 0.234 e. The molecule has 4 nitrogen and oxygen atoms in total. The number of halogens is 1. The SMILES string of the molecule is CC(N)C(c1ccccc1F)N1CCCC1C(N)=O. The van der Waals surface area contributed by atoms with Gasteiger partial charge in [-0.2, -0.15) is 0 Å². The number of nitrogens with two attached hydrogens (primary N) is 2. The van der Waals surface area contributed by atoms with Crippen LogP contribution in [0.4, 0.5) is 4.39 Å². The van der Waals surface area contributed by atoms with Crippen LogP contribution in [0.3, 0.4) is 0 Å². The van der Waals surface area contributed by atoms with E-state index in [0.29, 0.717) is 18.5 Å². The van der Waals surface area contributed by atoms with E-state index < -0.39 is 0 Å². The third-order valence-corrected chi connectivity index (χ3v) is 3.70. The molecule has 0 saturated carbocycles. The van der Waals surface area contributed by atoms with Crippen molar-refractivity contribution in [1.29, 1.82) is 0 Å². The molecule has 1 amide bonds. The number of rotatable bonds is 4. The summed E-state index contributed by atoms with van der Waals surface area (Å²) in [4.78, 5) is 13.4. The fourth-order valence-electron chi connectivity index (χ4n) is 2.91. The van der Waals surface area contributed by atoms with Crippen LogP contribution in [0.2, 0.25) is 0 Å². The molecule has 3 atom stereocenters. The number of amides is 1. The summed E-state index contributed by atoms with van der Waals surface area (Å²) in [6.07, 6.45) is 1.60. The van der Waals surface area contributed by atoms with Crippen LogP contribution in [0.1, 0.15) is 31.4 Å². The average molecular weight is 265 g/mol. The molecular weight excluding hydrogens is 245 g/mol. The Morgan fingerprint density at radius 1 is 1.47 bits per heavy atom. The first-order valence-electron chi connectivity index (χ1n) is 6.57. The van der Waals surface area contributed by atoms with Crippen LogP contribution in [-0.4, -0.2) is 29.4 Å². The van der Waals surface area contributed by atoms with Crippen molar-refractivity contribution in [2.75, 3.05) is 6.54 Å². The molecule has 2 rings (SSSR count). The first kappa shape index (κ1) is 14.0. The molecule has 0 aromatic heterocycles. The van der Waals surface area contributed by atoms with E-state index in [9.17, 15) is 9.18 Å². The summed E-state index contributed by atoms with van der Waals surface area (Å²) in [7, 11) is 0. The summed E-state index contributed by atoms with van der Waals surface area (Å²) >= 11 is 0. The molecule has 1 aliphatic rings. The largest absolute Gasteiger partial charge is 0.368 e. The molecule has 1 aliphatic heterocycles. The standard InChI is InChI=1S/C14H20FN3O/c1-9(16)13(10-5-2-3-6-11(10)15)18-8-4-7-12(18)14(17)19/h2-3,5-6,9,12-13H,4,7-8,16H2,1H3,(H2,17,19). The highest BCUT2D eigenvalue weighted by molar-refractivity contribution is 5.80. The van der Waals surface area contributed by atoms with Gasteiger partial charge >= 0.3 is 0 Å². The summed E-state index contributed by atoms with van der Waals surface area (Å²) in [6, 6.07) is 5.61. The molecule has 1 aromatic carbocycles. The van der Waals surface area contributed by atoms with Crippen LogP contribution < -0.4 is 11.5 Å². The number of carbonyl (C=O) groups excluding carboxylic acids is 1. The van der Waals surface area contributed by atoms with E-state index in [-0.39, 0.29) is 29.8 Å². The second kappa shape index (κ2) is 5.67. The van der Waals surface area contributed by atoms with Gasteiger partial charge in [0.2, 0.25) is 5.91 Å². The molecule has 5 heteroatoms. The van der Waals surface area contributed by atoms with Crippen LogP contribution in [0.5, 0.6) is 0 Å². The fourth-order valence-corrected chi connectivity index (χ4v) is 2.91. The Labute approximate surface area is 112 Å². The van der Waals surface area contributed by atoms with Crippen molar-refractivity contribution < 1.29 is 9.18 Å². The number of likely N-dealkylation sites (tertiary alicyclic amines) is 1. The highest BCUT2D eigenvalue weighted by Gasteiger charge is 2.37. The van der Waals surface area contributed by atoms with Gasteiger partial charge in [0.1, 0.15) is 5.82 Å². The topological polar surface area (TPSA) is 72.3 Å². The van der Waals surface area contributed by atoms with E-state index in [4.69, 9.17) is 11.5 Å². The Balaban J connectivity index is 2.36. The maximum atomic E-state index is 14.0. The summed E-state index contributed by atoms with van der Waals surface area (Å²) < 4.78 is 14.0. The van der Waals surface area contributed by atoms with Gasteiger partial charge in [-0.3, -0.25) is 9.69 Å². The smallest absolute Gasteiger partial charge is 0.234 e. The van der Waals surface area contributed by atoms with E-state index in [1.54, 1.807) is 18.2 Å². The third-order valence-electron chi connectivity index (χ3n) is 3.70. The van der Waals surface area contributed by atoms with Crippen molar-refractivity contribution in [2.24, 2.45) is 11.5 Å². The molecule has 0 bridgehead atoms. The maximum absolute atomic E-state index is 14.0. The molecule has 0 aliphatic carbocycles. The monoisotopic (exact) mass is 265 g/mol. The van der Waals surface area contributed by atoms with Crippen LogP contribution >= 0.6 is 0 Å². The Hall–Kier alpha value is -1.46. The van der Waals surface area contributed by atoms with Gasteiger partial charge in [-0.15, -0.1) is 0 Å². The van der Waals surface area contributed by atoms with E-state index >= 15 is 0 Å². The highest BCUT2D eigenvalue weighted by atomic mass is 19.1. The zero-order chi connectivity index (χ0) is 14.0. The summed E-state index contributed by atoms with van der Waals surface area (Å²) in [5.41, 5.74) is 12.0. The van der Waals surface area contributed by atoms with Crippen molar-refractivity contribution in [3.63, 3.8) is 0 Å². The Morgan fingerprint density at radius 3 is 2.74 bits per heavy atom. The third kappa shape index (κ3) is 2.77. The van der Waals surface area contributed by atoms with Crippen LogP contribution in [0.25, 0.3) is 0 Å². The molecule has 19 heavy (non-hydrogen) atoms. The number of carbonyl (C=O) groups is 1. The van der Waals surface area contributed by atoms with E-state index in [1.807, 2.05) is 11.8 Å². The van der Waals surface area contributed by atoms with E-state index in [2.05, 4.69) is 0 Å². The van der Waals surface area contributed by atoms with Gasteiger partial charge in [0.25, 0.3) is 0 Å². The molecular formula is C14H20FN3O. The first-order valence-corrected chi connectivity index (χ1v) is 6.57. The minimum atomic E-state index is -0.362. The average Bonchev–Trinajstić information content (AvgIpc) is 2.80. The fraction of sp³-hybridized carbons (Fsp3) is 0.500. The number of nitrogens with zero attached hydrogens (tertiary/aromatic N) is 1. The zero-order valence-electron chi connectivity index (χ0n) is 11.1. The van der Waals surface area contributed by atoms with E-state index in [1.165, 1.54) is 6.07 Å². The minimum Gasteiger partial charge on any atom is -0.368 e. The molecule has 1 aromatic rings. The Morgan fingerprint density at radius 2 is 2.16 bits per heavy atom. The van der Waals surface area contributed by atoms with Gasteiger partial charge in [-0.1, -0.05) is 18.2 Å². The van der Waals surface area contributed by atoms with E-state index in [0.717, 1.165) is 6.42 Å².